The Morgan fingerprint density at radius 3 is 2.45 bits per heavy atom. The van der Waals surface area contributed by atoms with Crippen LogP contribution in [0.2, 0.25) is 0 Å². The van der Waals surface area contributed by atoms with Crippen LogP contribution in [-0.4, -0.2) is 19.9 Å². The summed E-state index contributed by atoms with van der Waals surface area (Å²) in [6, 6.07) is 12.0. The lowest BCUT2D eigenvalue weighted by Crippen LogP contribution is -2.15. The van der Waals surface area contributed by atoms with E-state index < -0.39 is 10.0 Å². The van der Waals surface area contributed by atoms with E-state index in [1.807, 2.05) is 13.0 Å². The van der Waals surface area contributed by atoms with Crippen molar-refractivity contribution in [2.75, 3.05) is 11.3 Å². The molecule has 0 spiro atoms. The van der Waals surface area contributed by atoms with Crippen molar-refractivity contribution >= 4 is 15.7 Å². The Morgan fingerprint density at radius 1 is 1.10 bits per heavy atom. The quantitative estimate of drug-likeness (QED) is 0.854. The molecule has 0 amide bonds. The van der Waals surface area contributed by atoms with Crippen LogP contribution >= 0.6 is 0 Å². The normalized spacial score (nSPS) is 11.2. The number of pyridine rings is 1. The summed E-state index contributed by atoms with van der Waals surface area (Å²) in [6.45, 7) is 3.54. The van der Waals surface area contributed by atoms with Crippen LogP contribution in [0.5, 0.6) is 0 Å². The van der Waals surface area contributed by atoms with Gasteiger partial charge in [-0.1, -0.05) is 31.2 Å². The summed E-state index contributed by atoms with van der Waals surface area (Å²) in [4.78, 5) is 4.01. The molecule has 2 aromatic rings. The molecular formula is C14H17N3O2S. The summed E-state index contributed by atoms with van der Waals surface area (Å²) in [5.41, 5.74) is 1.47. The van der Waals surface area contributed by atoms with Gasteiger partial charge in [0.05, 0.1) is 0 Å². The van der Waals surface area contributed by atoms with Gasteiger partial charge in [0.25, 0.3) is 10.0 Å². The molecule has 0 saturated carbocycles. The molecule has 6 heteroatoms. The molecule has 106 valence electrons. The highest BCUT2D eigenvalue weighted by molar-refractivity contribution is 7.92. The van der Waals surface area contributed by atoms with Gasteiger partial charge in [0.15, 0.2) is 5.03 Å². The third-order valence-electron chi connectivity index (χ3n) is 2.68. The average Bonchev–Trinajstić information content (AvgIpc) is 2.46. The zero-order chi connectivity index (χ0) is 14.4. The minimum absolute atomic E-state index is 0.0154. The molecule has 5 nitrogen and oxygen atoms in total. The summed E-state index contributed by atoms with van der Waals surface area (Å²) in [6.07, 6.45) is 1.57. The van der Waals surface area contributed by atoms with Crippen LogP contribution in [0.3, 0.4) is 0 Å². The molecule has 1 aromatic carbocycles. The zero-order valence-corrected chi connectivity index (χ0v) is 12.0. The molecular weight excluding hydrogens is 274 g/mol. The molecule has 2 N–H and O–H groups in total. The highest BCUT2D eigenvalue weighted by atomic mass is 32.2. The summed E-state index contributed by atoms with van der Waals surface area (Å²) >= 11 is 0. The molecule has 2 rings (SSSR count). The number of nitrogens with zero attached hydrogens (tertiary/aromatic N) is 1. The number of hydrogen-bond donors (Lipinski definition) is 2. The van der Waals surface area contributed by atoms with Crippen molar-refractivity contribution < 1.29 is 8.42 Å². The van der Waals surface area contributed by atoms with Gasteiger partial charge in [-0.15, -0.1) is 0 Å². The van der Waals surface area contributed by atoms with Crippen molar-refractivity contribution in [3.8, 4) is 0 Å². The topological polar surface area (TPSA) is 71.1 Å². The second-order valence-electron chi connectivity index (χ2n) is 4.26. The number of benzene rings is 1. The molecule has 0 radical (unpaired) electrons. The molecule has 0 aliphatic heterocycles. The highest BCUT2D eigenvalue weighted by Gasteiger charge is 2.15. The Balaban J connectivity index is 2.13. The van der Waals surface area contributed by atoms with Crippen molar-refractivity contribution in [1.82, 2.24) is 10.3 Å². The monoisotopic (exact) mass is 291 g/mol. The van der Waals surface area contributed by atoms with Crippen LogP contribution in [0.1, 0.15) is 12.5 Å². The maximum Gasteiger partial charge on any atom is 0.279 e. The SMILES string of the molecule is CCNCc1ccc(S(=O)(=O)Nc2ccccc2)nc1. The van der Waals surface area contributed by atoms with E-state index in [2.05, 4.69) is 15.0 Å². The minimum Gasteiger partial charge on any atom is -0.313 e. The third-order valence-corrected chi connectivity index (χ3v) is 3.97. The molecule has 20 heavy (non-hydrogen) atoms. The second-order valence-corrected chi connectivity index (χ2v) is 5.89. The summed E-state index contributed by atoms with van der Waals surface area (Å²) in [5, 5.41) is 3.17. The Kier molecular flexibility index (Phi) is 4.70. The number of hydrogen-bond acceptors (Lipinski definition) is 4. The fourth-order valence-corrected chi connectivity index (χ4v) is 2.65. The van der Waals surface area contributed by atoms with Gasteiger partial charge in [-0.3, -0.25) is 4.72 Å². The third kappa shape index (κ3) is 3.79. The summed E-state index contributed by atoms with van der Waals surface area (Å²) < 4.78 is 26.8. The van der Waals surface area contributed by atoms with Gasteiger partial charge < -0.3 is 5.32 Å². The van der Waals surface area contributed by atoms with E-state index in [0.29, 0.717) is 12.2 Å². The maximum atomic E-state index is 12.1. The molecule has 0 saturated heterocycles. The van der Waals surface area contributed by atoms with Crippen molar-refractivity contribution in [2.24, 2.45) is 0 Å². The van der Waals surface area contributed by atoms with E-state index in [0.717, 1.165) is 12.1 Å². The lowest BCUT2D eigenvalue weighted by atomic mass is 10.3. The van der Waals surface area contributed by atoms with Gasteiger partial charge in [0, 0.05) is 18.4 Å². The lowest BCUT2D eigenvalue weighted by Gasteiger charge is -2.08. The molecule has 1 aromatic heterocycles. The molecule has 0 fully saturated rings. The summed E-state index contributed by atoms with van der Waals surface area (Å²) in [5.74, 6) is 0. The van der Waals surface area contributed by atoms with Crippen molar-refractivity contribution in [3.63, 3.8) is 0 Å². The first-order valence-corrected chi connectivity index (χ1v) is 7.83. The minimum atomic E-state index is -3.63. The number of aromatic nitrogens is 1. The van der Waals surface area contributed by atoms with Crippen LogP contribution in [0.25, 0.3) is 0 Å². The van der Waals surface area contributed by atoms with Crippen LogP contribution in [-0.2, 0) is 16.6 Å². The summed E-state index contributed by atoms with van der Waals surface area (Å²) in [7, 11) is -3.63. The highest BCUT2D eigenvalue weighted by Crippen LogP contribution is 2.13. The average molecular weight is 291 g/mol. The number of sulfonamides is 1. The van der Waals surface area contributed by atoms with Gasteiger partial charge in [0.1, 0.15) is 0 Å². The van der Waals surface area contributed by atoms with Crippen LogP contribution in [0.4, 0.5) is 5.69 Å². The van der Waals surface area contributed by atoms with Crippen LogP contribution in [0, 0.1) is 0 Å². The number of para-hydroxylation sites is 1. The predicted molar refractivity (Wildman–Crippen MR) is 78.9 cm³/mol. The van der Waals surface area contributed by atoms with Gasteiger partial charge in [-0.25, -0.2) is 4.98 Å². The molecule has 1 heterocycles. The first-order valence-electron chi connectivity index (χ1n) is 6.35. The smallest absolute Gasteiger partial charge is 0.279 e. The van der Waals surface area contributed by atoms with Gasteiger partial charge in [0.2, 0.25) is 0 Å². The first kappa shape index (κ1) is 14.5. The van der Waals surface area contributed by atoms with E-state index in [1.54, 1.807) is 36.5 Å². The Morgan fingerprint density at radius 2 is 1.85 bits per heavy atom. The van der Waals surface area contributed by atoms with E-state index in [9.17, 15) is 8.42 Å². The predicted octanol–water partition coefficient (Wildman–Crippen LogP) is 1.99. The maximum absolute atomic E-state index is 12.1. The van der Waals surface area contributed by atoms with Gasteiger partial charge in [-0.2, -0.15) is 8.42 Å². The fraction of sp³-hybridized carbons (Fsp3) is 0.214. The van der Waals surface area contributed by atoms with Crippen LogP contribution in [0.15, 0.2) is 53.7 Å². The van der Waals surface area contributed by atoms with E-state index in [4.69, 9.17) is 0 Å². The van der Waals surface area contributed by atoms with E-state index in [1.165, 1.54) is 6.07 Å². The van der Waals surface area contributed by atoms with Gasteiger partial charge >= 0.3 is 0 Å². The molecule has 0 aliphatic carbocycles. The zero-order valence-electron chi connectivity index (χ0n) is 11.2. The number of rotatable bonds is 6. The Labute approximate surface area is 119 Å². The molecule has 0 aliphatic rings. The standard InChI is InChI=1S/C14H17N3O2S/c1-2-15-10-12-8-9-14(16-11-12)20(18,19)17-13-6-4-3-5-7-13/h3-9,11,15,17H,2,10H2,1H3. The molecule has 0 unspecified atom stereocenters. The first-order chi connectivity index (χ1) is 9.62. The molecule has 0 bridgehead atoms. The van der Waals surface area contributed by atoms with Crippen molar-refractivity contribution in [1.29, 1.82) is 0 Å². The van der Waals surface area contributed by atoms with Gasteiger partial charge in [-0.05, 0) is 30.3 Å². The van der Waals surface area contributed by atoms with Crippen molar-refractivity contribution in [3.05, 3.63) is 54.2 Å². The second kappa shape index (κ2) is 6.49. The number of anilines is 1. The Bertz CT molecular complexity index is 640. The van der Waals surface area contributed by atoms with E-state index >= 15 is 0 Å². The largest absolute Gasteiger partial charge is 0.313 e. The van der Waals surface area contributed by atoms with Crippen LogP contribution < -0.4 is 10.0 Å². The van der Waals surface area contributed by atoms with E-state index in [-0.39, 0.29) is 5.03 Å². The number of nitrogens with one attached hydrogen (secondary N) is 2. The molecule has 0 atom stereocenters. The lowest BCUT2D eigenvalue weighted by molar-refractivity contribution is 0.597. The van der Waals surface area contributed by atoms with Crippen molar-refractivity contribution in [2.45, 2.75) is 18.5 Å². The Hall–Kier alpha value is -1.92. The fourth-order valence-electron chi connectivity index (χ4n) is 1.66.